The van der Waals surface area contributed by atoms with Crippen LogP contribution < -0.4 is 4.74 Å². The van der Waals surface area contributed by atoms with Crippen molar-refractivity contribution in [2.45, 2.75) is 19.6 Å². The molecule has 0 atom stereocenters. The molecule has 2 rings (SSSR count). The highest BCUT2D eigenvalue weighted by Crippen LogP contribution is 2.35. The number of likely N-dealkylation sites (N-methyl/N-ethyl adjacent to an activating group) is 1. The molecular formula is C15H19F3N2O2. The van der Waals surface area contributed by atoms with Gasteiger partial charge < -0.3 is 9.64 Å². The lowest BCUT2D eigenvalue weighted by Crippen LogP contribution is -2.45. The minimum Gasteiger partial charge on any atom is -0.429 e. The van der Waals surface area contributed by atoms with E-state index in [1.807, 2.05) is 4.90 Å². The van der Waals surface area contributed by atoms with Crippen LogP contribution in [0.3, 0.4) is 0 Å². The number of ether oxygens (including phenoxy) is 1. The number of halogens is 3. The second-order valence-corrected chi connectivity index (χ2v) is 5.24. The molecule has 122 valence electrons. The minimum atomic E-state index is -4.47. The Morgan fingerprint density at radius 2 is 1.82 bits per heavy atom. The summed E-state index contributed by atoms with van der Waals surface area (Å²) >= 11 is 0. The Labute approximate surface area is 127 Å². The van der Waals surface area contributed by atoms with Crippen molar-refractivity contribution in [3.8, 4) is 5.75 Å². The van der Waals surface area contributed by atoms with Gasteiger partial charge in [0.05, 0.1) is 5.56 Å². The molecule has 22 heavy (non-hydrogen) atoms. The molecule has 1 aromatic carbocycles. The van der Waals surface area contributed by atoms with Crippen LogP contribution in [0.1, 0.15) is 18.1 Å². The van der Waals surface area contributed by atoms with Crippen molar-refractivity contribution in [3.05, 3.63) is 29.3 Å². The van der Waals surface area contributed by atoms with Gasteiger partial charge in [-0.1, -0.05) is 13.0 Å². The summed E-state index contributed by atoms with van der Waals surface area (Å²) in [5.41, 5.74) is -0.541. The van der Waals surface area contributed by atoms with Crippen LogP contribution in [0.5, 0.6) is 5.75 Å². The van der Waals surface area contributed by atoms with Gasteiger partial charge in [-0.2, -0.15) is 13.2 Å². The van der Waals surface area contributed by atoms with Gasteiger partial charge in [-0.05, 0) is 24.2 Å². The molecule has 0 amide bonds. The van der Waals surface area contributed by atoms with Crippen molar-refractivity contribution >= 4 is 6.47 Å². The van der Waals surface area contributed by atoms with Crippen molar-refractivity contribution in [1.82, 2.24) is 9.80 Å². The second kappa shape index (κ2) is 7.11. The summed E-state index contributed by atoms with van der Waals surface area (Å²) in [5.74, 6) is -0.0955. The Hall–Kier alpha value is -1.60. The Morgan fingerprint density at radius 3 is 2.36 bits per heavy atom. The highest BCUT2D eigenvalue weighted by molar-refractivity contribution is 5.47. The van der Waals surface area contributed by atoms with Crippen molar-refractivity contribution < 1.29 is 22.7 Å². The van der Waals surface area contributed by atoms with E-state index in [-0.39, 0.29) is 24.3 Å². The van der Waals surface area contributed by atoms with E-state index >= 15 is 0 Å². The van der Waals surface area contributed by atoms with Crippen LogP contribution in [0, 0.1) is 0 Å². The quantitative estimate of drug-likeness (QED) is 0.781. The number of alkyl halides is 3. The zero-order chi connectivity index (χ0) is 16.2. The SMILES string of the molecule is CCN1CCN(Cc2ccc(OC=O)cc2C(F)(F)F)CC1. The van der Waals surface area contributed by atoms with E-state index in [0.717, 1.165) is 38.8 Å². The van der Waals surface area contributed by atoms with Crippen LogP contribution in [-0.4, -0.2) is 49.0 Å². The molecule has 1 aliphatic rings. The summed E-state index contributed by atoms with van der Waals surface area (Å²) in [5, 5.41) is 0. The van der Waals surface area contributed by atoms with Crippen LogP contribution in [0.4, 0.5) is 13.2 Å². The summed E-state index contributed by atoms with van der Waals surface area (Å²) in [6.07, 6.45) is -4.47. The predicted octanol–water partition coefficient (Wildman–Crippen LogP) is 2.38. The van der Waals surface area contributed by atoms with Crippen molar-refractivity contribution in [2.75, 3.05) is 32.7 Å². The third-order valence-electron chi connectivity index (χ3n) is 3.88. The van der Waals surface area contributed by atoms with E-state index in [9.17, 15) is 18.0 Å². The van der Waals surface area contributed by atoms with E-state index in [1.165, 1.54) is 12.1 Å². The summed E-state index contributed by atoms with van der Waals surface area (Å²) in [7, 11) is 0. The number of hydrogen-bond acceptors (Lipinski definition) is 4. The average molecular weight is 316 g/mol. The standard InChI is InChI=1S/C15H19F3N2O2/c1-2-19-5-7-20(8-6-19)10-12-3-4-13(22-11-21)9-14(12)15(16,17)18/h3-4,9,11H,2,5-8,10H2,1H3. The first-order valence-corrected chi connectivity index (χ1v) is 7.19. The Kier molecular flexibility index (Phi) is 5.42. The summed E-state index contributed by atoms with van der Waals surface area (Å²) in [6, 6.07) is 3.65. The molecule has 0 aromatic heterocycles. The largest absolute Gasteiger partial charge is 0.429 e. The number of hydrogen-bond donors (Lipinski definition) is 0. The summed E-state index contributed by atoms with van der Waals surface area (Å²) < 4.78 is 44.0. The second-order valence-electron chi connectivity index (χ2n) is 5.24. The molecule has 1 fully saturated rings. The minimum absolute atomic E-state index is 0.0955. The monoisotopic (exact) mass is 316 g/mol. The molecule has 0 spiro atoms. The molecule has 1 saturated heterocycles. The zero-order valence-corrected chi connectivity index (χ0v) is 12.4. The van der Waals surface area contributed by atoms with Gasteiger partial charge in [-0.15, -0.1) is 0 Å². The lowest BCUT2D eigenvalue weighted by atomic mass is 10.1. The van der Waals surface area contributed by atoms with Gasteiger partial charge in [0.1, 0.15) is 5.75 Å². The lowest BCUT2D eigenvalue weighted by Gasteiger charge is -2.34. The maximum atomic E-state index is 13.2. The molecule has 0 N–H and O–H groups in total. The fraction of sp³-hybridized carbons (Fsp3) is 0.533. The molecular weight excluding hydrogens is 297 g/mol. The van der Waals surface area contributed by atoms with E-state index in [1.54, 1.807) is 0 Å². The summed E-state index contributed by atoms with van der Waals surface area (Å²) in [6.45, 7) is 6.62. The molecule has 0 saturated carbocycles. The molecule has 7 heteroatoms. The molecule has 1 aliphatic heterocycles. The number of benzene rings is 1. The van der Waals surface area contributed by atoms with Crippen LogP contribution in [0.25, 0.3) is 0 Å². The Balaban J connectivity index is 2.14. The van der Waals surface area contributed by atoms with Crippen LogP contribution >= 0.6 is 0 Å². The number of nitrogens with zero attached hydrogens (tertiary/aromatic N) is 2. The molecule has 0 unspecified atom stereocenters. The number of carbonyl (C=O) groups is 1. The number of piperazine rings is 1. The van der Waals surface area contributed by atoms with Crippen LogP contribution in [0.15, 0.2) is 18.2 Å². The number of rotatable bonds is 5. The summed E-state index contributed by atoms with van der Waals surface area (Å²) in [4.78, 5) is 14.6. The van der Waals surface area contributed by atoms with Crippen molar-refractivity contribution in [3.63, 3.8) is 0 Å². The topological polar surface area (TPSA) is 32.8 Å². The van der Waals surface area contributed by atoms with Gasteiger partial charge in [0.15, 0.2) is 0 Å². The first-order valence-electron chi connectivity index (χ1n) is 7.19. The van der Waals surface area contributed by atoms with Crippen LogP contribution in [0.2, 0.25) is 0 Å². The number of carbonyl (C=O) groups excluding carboxylic acids is 1. The van der Waals surface area contributed by atoms with Gasteiger partial charge in [-0.3, -0.25) is 9.69 Å². The molecule has 0 radical (unpaired) electrons. The molecule has 1 heterocycles. The first kappa shape index (κ1) is 16.8. The maximum Gasteiger partial charge on any atom is 0.416 e. The lowest BCUT2D eigenvalue weighted by molar-refractivity contribution is -0.138. The maximum absolute atomic E-state index is 13.2. The van der Waals surface area contributed by atoms with Crippen LogP contribution in [-0.2, 0) is 17.5 Å². The predicted molar refractivity (Wildman–Crippen MR) is 75.5 cm³/mol. The van der Waals surface area contributed by atoms with E-state index in [0.29, 0.717) is 0 Å². The van der Waals surface area contributed by atoms with Crippen molar-refractivity contribution in [1.29, 1.82) is 0 Å². The Morgan fingerprint density at radius 1 is 1.18 bits per heavy atom. The first-order chi connectivity index (χ1) is 10.4. The highest BCUT2D eigenvalue weighted by atomic mass is 19.4. The van der Waals surface area contributed by atoms with E-state index in [2.05, 4.69) is 16.6 Å². The Bertz CT molecular complexity index is 512. The van der Waals surface area contributed by atoms with Gasteiger partial charge in [0, 0.05) is 32.7 Å². The van der Waals surface area contributed by atoms with E-state index < -0.39 is 11.7 Å². The van der Waals surface area contributed by atoms with Crippen molar-refractivity contribution in [2.24, 2.45) is 0 Å². The third-order valence-corrected chi connectivity index (χ3v) is 3.88. The molecule has 0 bridgehead atoms. The smallest absolute Gasteiger partial charge is 0.416 e. The molecule has 4 nitrogen and oxygen atoms in total. The average Bonchev–Trinajstić information content (AvgIpc) is 2.49. The fourth-order valence-corrected chi connectivity index (χ4v) is 2.59. The highest BCUT2D eigenvalue weighted by Gasteiger charge is 2.34. The van der Waals surface area contributed by atoms with Gasteiger partial charge in [0.2, 0.25) is 0 Å². The van der Waals surface area contributed by atoms with Gasteiger partial charge in [-0.25, -0.2) is 0 Å². The zero-order valence-electron chi connectivity index (χ0n) is 12.4. The normalized spacial score (nSPS) is 17.5. The molecule has 1 aromatic rings. The van der Waals surface area contributed by atoms with E-state index in [4.69, 9.17) is 0 Å². The molecule has 0 aliphatic carbocycles. The third kappa shape index (κ3) is 4.20. The fourth-order valence-electron chi connectivity index (χ4n) is 2.59. The van der Waals surface area contributed by atoms with Gasteiger partial charge >= 0.3 is 6.18 Å². The van der Waals surface area contributed by atoms with Gasteiger partial charge in [0.25, 0.3) is 6.47 Å².